The van der Waals surface area contributed by atoms with Gasteiger partial charge in [0.25, 0.3) is 40.5 Å². The second kappa shape index (κ2) is 16.1. The van der Waals surface area contributed by atoms with Gasteiger partial charge in [-0.1, -0.05) is 36.4 Å². The molecule has 0 aliphatic rings. The summed E-state index contributed by atoms with van der Waals surface area (Å²) in [5.74, 6) is 0. The molecule has 0 bridgehead atoms. The van der Waals surface area contributed by atoms with Crippen molar-refractivity contribution in [1.82, 2.24) is 0 Å². The van der Waals surface area contributed by atoms with Crippen LogP contribution in [0, 0.1) is 0 Å². The molecule has 0 amide bonds. The Balaban J connectivity index is 0.00000620. The van der Waals surface area contributed by atoms with Crippen molar-refractivity contribution in [3.05, 3.63) is 108 Å². The van der Waals surface area contributed by atoms with E-state index >= 15 is 0 Å². The quantitative estimate of drug-likeness (QED) is 0.0272. The van der Waals surface area contributed by atoms with E-state index in [0.29, 0.717) is 10.8 Å². The first kappa shape index (κ1) is 43.1. The van der Waals surface area contributed by atoms with Crippen molar-refractivity contribution >= 4 is 138 Å². The van der Waals surface area contributed by atoms with Gasteiger partial charge in [-0.25, -0.2) is 0 Å². The minimum Gasteiger partial charge on any atom is -0.398 e. The molecule has 0 aliphatic carbocycles. The minimum absolute atomic E-state index is 0. The van der Waals surface area contributed by atoms with Crippen molar-refractivity contribution in [1.29, 1.82) is 0 Å². The molecule has 6 aromatic rings. The van der Waals surface area contributed by atoms with Gasteiger partial charge >= 0.3 is 0 Å². The van der Waals surface area contributed by atoms with E-state index in [0.717, 1.165) is 48.6 Å². The van der Waals surface area contributed by atoms with Crippen molar-refractivity contribution in [2.75, 3.05) is 11.5 Å². The normalized spacial score (nSPS) is 12.9. The van der Waals surface area contributed by atoms with Crippen LogP contribution in [-0.2, 0) is 40.5 Å². The van der Waals surface area contributed by atoms with Gasteiger partial charge in [-0.15, -0.1) is 10.2 Å². The number of hydrogen-bond donors (Lipinski definition) is 6. The number of anilines is 2. The number of nitrogens with zero attached hydrogens (tertiary/aromatic N) is 4. The molecule has 23 heteroatoms. The molecule has 18 nitrogen and oxygen atoms in total. The van der Waals surface area contributed by atoms with E-state index < -0.39 is 60.1 Å². The number of azo groups is 2. The molecule has 289 valence electrons. The SMILES string of the molecule is Nc1ccc(N=Nc2ccc(C=Cc3ccc(N=Nc4ccc(N)c5cc(S(=O)(=O)O)ccc45)cc3S(=O)(=O)O)c(S(=O)(=O)O)c2)c2ccc(S(=O)(=O)O)cc12.[Na]. The summed E-state index contributed by atoms with van der Waals surface area (Å²) in [6.07, 6.45) is 2.33. The molecule has 57 heavy (non-hydrogen) atoms. The molecular formula is C34H26N6NaO12S4. The Morgan fingerprint density at radius 1 is 0.421 bits per heavy atom. The monoisotopic (exact) mass is 861 g/mol. The smallest absolute Gasteiger partial charge is 0.295 e. The number of fused-ring (bicyclic) bond motifs is 2. The summed E-state index contributed by atoms with van der Waals surface area (Å²) >= 11 is 0. The van der Waals surface area contributed by atoms with Crippen LogP contribution in [0.1, 0.15) is 11.1 Å². The van der Waals surface area contributed by atoms with Gasteiger partial charge in [0.2, 0.25) is 0 Å². The predicted octanol–water partition coefficient (Wildman–Crippen LogP) is 6.76. The zero-order valence-corrected chi connectivity index (χ0v) is 34.3. The fourth-order valence-corrected chi connectivity index (χ4v) is 7.88. The van der Waals surface area contributed by atoms with E-state index in [2.05, 4.69) is 20.5 Å². The maximum atomic E-state index is 12.4. The Bertz CT molecular complexity index is 2960. The summed E-state index contributed by atoms with van der Waals surface area (Å²) in [5.41, 5.74) is 12.4. The average Bonchev–Trinajstić information content (AvgIpc) is 3.12. The summed E-state index contributed by atoms with van der Waals surface area (Å²) < 4.78 is 135. The first-order chi connectivity index (χ1) is 26.1. The maximum absolute atomic E-state index is 12.4. The molecule has 8 N–H and O–H groups in total. The summed E-state index contributed by atoms with van der Waals surface area (Å²) in [4.78, 5) is -2.07. The molecule has 0 spiro atoms. The predicted molar refractivity (Wildman–Crippen MR) is 212 cm³/mol. The van der Waals surface area contributed by atoms with Crippen molar-refractivity contribution in [3.8, 4) is 0 Å². The van der Waals surface area contributed by atoms with Crippen LogP contribution in [0.25, 0.3) is 33.7 Å². The Kier molecular flexibility index (Phi) is 12.2. The van der Waals surface area contributed by atoms with Gasteiger partial charge < -0.3 is 11.5 Å². The zero-order chi connectivity index (χ0) is 40.8. The van der Waals surface area contributed by atoms with Crippen LogP contribution in [0.3, 0.4) is 0 Å². The van der Waals surface area contributed by atoms with Gasteiger partial charge in [0.15, 0.2) is 0 Å². The Morgan fingerprint density at radius 3 is 1.12 bits per heavy atom. The number of benzene rings is 6. The molecule has 0 saturated heterocycles. The third kappa shape index (κ3) is 9.77. The van der Waals surface area contributed by atoms with Crippen LogP contribution in [-0.4, -0.2) is 81.4 Å². The first-order valence-corrected chi connectivity index (χ1v) is 21.2. The third-order valence-electron chi connectivity index (χ3n) is 8.13. The molecule has 0 aliphatic heterocycles. The van der Waals surface area contributed by atoms with E-state index in [1.165, 1.54) is 60.7 Å². The zero-order valence-electron chi connectivity index (χ0n) is 29.0. The van der Waals surface area contributed by atoms with Crippen LogP contribution < -0.4 is 11.5 Å². The molecule has 6 aromatic carbocycles. The standard InChI is InChI=1S/C34H26N6O12S4.Na/c35-29-11-13-31(25-9-7-23(17-27(25)29)53(41,42)43)39-37-21-5-3-19(33(15-21)55(47,48)49)1-2-20-4-6-22(16-34(20)56(50,51)52)38-40-32-14-12-30(36)28-18-24(54(44,45)46)8-10-26(28)32;/h1-18H,35-36H2,(H,41,42,43)(H,44,45,46)(H,47,48,49)(H,50,51,52);. The molecule has 0 aromatic heterocycles. The number of rotatable bonds is 10. The summed E-state index contributed by atoms with van der Waals surface area (Å²) in [6, 6.07) is 20.2. The van der Waals surface area contributed by atoms with E-state index in [4.69, 9.17) is 11.5 Å². The largest absolute Gasteiger partial charge is 0.398 e. The van der Waals surface area contributed by atoms with Gasteiger partial charge in [0.1, 0.15) is 9.79 Å². The van der Waals surface area contributed by atoms with E-state index in [1.54, 1.807) is 0 Å². The average molecular weight is 862 g/mol. The van der Waals surface area contributed by atoms with Gasteiger partial charge in [-0.3, -0.25) is 18.2 Å². The summed E-state index contributed by atoms with van der Waals surface area (Å²) in [7, 11) is -18.9. The van der Waals surface area contributed by atoms with Crippen LogP contribution in [0.2, 0.25) is 0 Å². The van der Waals surface area contributed by atoms with Gasteiger partial charge in [-0.05, 0) is 83.9 Å². The van der Waals surface area contributed by atoms with Crippen molar-refractivity contribution in [2.45, 2.75) is 19.6 Å². The maximum Gasteiger partial charge on any atom is 0.295 e. The van der Waals surface area contributed by atoms with Crippen LogP contribution in [0.15, 0.2) is 137 Å². The van der Waals surface area contributed by atoms with Crippen molar-refractivity contribution < 1.29 is 51.9 Å². The molecular weight excluding hydrogens is 836 g/mol. The van der Waals surface area contributed by atoms with Crippen LogP contribution in [0.5, 0.6) is 0 Å². The molecule has 0 unspecified atom stereocenters. The summed E-state index contributed by atoms with van der Waals surface area (Å²) in [6.45, 7) is 0. The second-order valence-corrected chi connectivity index (χ2v) is 17.5. The number of nitrogen functional groups attached to an aromatic ring is 2. The molecule has 0 atom stereocenters. The molecule has 0 heterocycles. The molecule has 0 fully saturated rings. The number of hydrogen-bond acceptors (Lipinski definition) is 14. The van der Waals surface area contributed by atoms with Crippen molar-refractivity contribution in [3.63, 3.8) is 0 Å². The van der Waals surface area contributed by atoms with E-state index in [1.807, 2.05) is 0 Å². The fourth-order valence-electron chi connectivity index (χ4n) is 5.46. The molecule has 0 saturated carbocycles. The molecule has 6 rings (SSSR count). The number of nitrogens with two attached hydrogens (primary N) is 2. The van der Waals surface area contributed by atoms with Gasteiger partial charge in [0.05, 0.1) is 32.5 Å². The topological polar surface area (TPSA) is 319 Å². The van der Waals surface area contributed by atoms with Crippen LogP contribution >= 0.6 is 0 Å². The van der Waals surface area contributed by atoms with Crippen LogP contribution in [0.4, 0.5) is 34.1 Å². The fraction of sp³-hybridized carbons (Fsp3) is 0. The molecule has 1 radical (unpaired) electrons. The van der Waals surface area contributed by atoms with Gasteiger partial charge in [-0.2, -0.15) is 43.9 Å². The summed E-state index contributed by atoms with van der Waals surface area (Å²) in [5, 5.41) is 17.5. The van der Waals surface area contributed by atoms with Gasteiger partial charge in [0, 0.05) is 62.5 Å². The Hall–Kier alpha value is -4.98. The Morgan fingerprint density at radius 2 is 0.789 bits per heavy atom. The van der Waals surface area contributed by atoms with E-state index in [9.17, 15) is 51.9 Å². The van der Waals surface area contributed by atoms with E-state index in [-0.39, 0.29) is 85.6 Å². The Labute approximate surface area is 347 Å². The first-order valence-electron chi connectivity index (χ1n) is 15.4. The second-order valence-electron chi connectivity index (χ2n) is 11.8. The van der Waals surface area contributed by atoms with Crippen molar-refractivity contribution in [2.24, 2.45) is 20.5 Å². The third-order valence-corrected chi connectivity index (χ3v) is 11.7. The minimum atomic E-state index is -4.90.